The van der Waals surface area contributed by atoms with Gasteiger partial charge in [-0.2, -0.15) is 5.10 Å². The van der Waals surface area contributed by atoms with Gasteiger partial charge in [-0.1, -0.05) is 6.42 Å². The maximum atomic E-state index is 9.55. The Hall–Kier alpha value is -1.03. The molecule has 0 aromatic carbocycles. The average Bonchev–Trinajstić information content (AvgIpc) is 3.02. The molecule has 0 spiro atoms. The minimum Gasteiger partial charge on any atom is -0.391 e. The molecule has 0 amide bonds. The third-order valence-corrected chi connectivity index (χ3v) is 5.23. The number of nitrogens with zero attached hydrogens (tertiary/aromatic N) is 3. The van der Waals surface area contributed by atoms with Gasteiger partial charge in [0, 0.05) is 26.2 Å². The summed E-state index contributed by atoms with van der Waals surface area (Å²) < 4.78 is 1.91. The molecule has 1 N–H and O–H groups in total. The molecule has 0 saturated heterocycles. The molecule has 4 nitrogen and oxygen atoms in total. The molecule has 2 fully saturated rings. The topological polar surface area (TPSA) is 41.3 Å². The van der Waals surface area contributed by atoms with Gasteiger partial charge in [0.05, 0.1) is 12.3 Å². The van der Waals surface area contributed by atoms with E-state index in [0.717, 1.165) is 41.4 Å². The van der Waals surface area contributed by atoms with Crippen molar-refractivity contribution in [1.29, 1.82) is 0 Å². The third-order valence-electron chi connectivity index (χ3n) is 5.23. The molecule has 3 atom stereocenters. The van der Waals surface area contributed by atoms with Gasteiger partial charge in [-0.05, 0) is 43.9 Å². The largest absolute Gasteiger partial charge is 0.391 e. The molecule has 19 heavy (non-hydrogen) atoms. The first-order valence-electron chi connectivity index (χ1n) is 7.44. The maximum absolute atomic E-state index is 9.55. The van der Waals surface area contributed by atoms with Crippen LogP contribution in [0.2, 0.25) is 0 Å². The van der Waals surface area contributed by atoms with E-state index in [1.165, 1.54) is 25.7 Å². The van der Waals surface area contributed by atoms with Crippen molar-refractivity contribution in [3.8, 4) is 0 Å². The Morgan fingerprint density at radius 1 is 1.37 bits per heavy atom. The maximum Gasteiger partial charge on any atom is 0.132 e. The lowest BCUT2D eigenvalue weighted by Crippen LogP contribution is -2.30. The molecule has 0 radical (unpaired) electrons. The number of aromatic nitrogens is 2. The minimum atomic E-state index is 0.0794. The Labute approximate surface area is 115 Å². The van der Waals surface area contributed by atoms with Crippen LogP contribution in [0.5, 0.6) is 0 Å². The molecule has 4 heteroatoms. The van der Waals surface area contributed by atoms with Gasteiger partial charge in [0.15, 0.2) is 0 Å². The van der Waals surface area contributed by atoms with Crippen LogP contribution in [0.4, 0.5) is 5.82 Å². The van der Waals surface area contributed by atoms with E-state index in [1.807, 2.05) is 18.7 Å². The van der Waals surface area contributed by atoms with Crippen molar-refractivity contribution in [2.45, 2.75) is 39.2 Å². The Bertz CT molecular complexity index is 468. The van der Waals surface area contributed by atoms with Crippen molar-refractivity contribution >= 4 is 5.82 Å². The summed E-state index contributed by atoms with van der Waals surface area (Å²) in [6.45, 7) is 3.16. The van der Waals surface area contributed by atoms with Crippen LogP contribution in [0.1, 0.15) is 36.9 Å². The monoisotopic (exact) mass is 263 g/mol. The van der Waals surface area contributed by atoms with Gasteiger partial charge in [0.1, 0.15) is 5.82 Å². The molecule has 3 rings (SSSR count). The molecule has 2 bridgehead atoms. The van der Waals surface area contributed by atoms with Gasteiger partial charge in [0.2, 0.25) is 0 Å². The van der Waals surface area contributed by atoms with Crippen LogP contribution in [0.25, 0.3) is 0 Å². The molecule has 2 aliphatic carbocycles. The Balaban J connectivity index is 1.75. The lowest BCUT2D eigenvalue weighted by Gasteiger charge is -2.29. The molecule has 106 valence electrons. The van der Waals surface area contributed by atoms with Crippen LogP contribution in [0, 0.1) is 24.7 Å². The number of fused-ring (bicyclic) bond motifs is 2. The Morgan fingerprint density at radius 3 is 2.74 bits per heavy atom. The summed E-state index contributed by atoms with van der Waals surface area (Å²) in [5, 5.41) is 14.0. The van der Waals surface area contributed by atoms with Crippen molar-refractivity contribution in [1.82, 2.24) is 9.78 Å². The van der Waals surface area contributed by atoms with Crippen LogP contribution in [-0.4, -0.2) is 28.5 Å². The highest BCUT2D eigenvalue weighted by molar-refractivity contribution is 5.49. The SMILES string of the molecule is Cc1nn(C)c(N(C)CC2CC3CCC2C3)c1CO. The van der Waals surface area contributed by atoms with Gasteiger partial charge in [-0.15, -0.1) is 0 Å². The first-order valence-corrected chi connectivity index (χ1v) is 7.44. The molecule has 1 aromatic rings. The van der Waals surface area contributed by atoms with Gasteiger partial charge in [0.25, 0.3) is 0 Å². The standard InChI is InChI=1S/C15H25N3O/c1-10-14(9-19)15(18(3)16-10)17(2)8-13-7-11-4-5-12(13)6-11/h11-13,19H,4-9H2,1-3H3. The van der Waals surface area contributed by atoms with E-state index in [0.29, 0.717) is 0 Å². The van der Waals surface area contributed by atoms with Crippen LogP contribution in [-0.2, 0) is 13.7 Å². The fourth-order valence-electron chi connectivity index (χ4n) is 4.39. The second-order valence-electron chi connectivity index (χ2n) is 6.48. The lowest BCUT2D eigenvalue weighted by atomic mass is 9.88. The molecule has 1 heterocycles. The summed E-state index contributed by atoms with van der Waals surface area (Å²) in [6, 6.07) is 0. The predicted molar refractivity (Wildman–Crippen MR) is 76.1 cm³/mol. The first-order chi connectivity index (χ1) is 9.10. The predicted octanol–water partition coefficient (Wildman–Crippen LogP) is 2.09. The van der Waals surface area contributed by atoms with E-state index >= 15 is 0 Å². The van der Waals surface area contributed by atoms with E-state index in [9.17, 15) is 5.11 Å². The fourth-order valence-corrected chi connectivity index (χ4v) is 4.39. The number of aryl methyl sites for hydroxylation is 2. The second kappa shape index (κ2) is 4.82. The number of hydrogen-bond acceptors (Lipinski definition) is 3. The lowest BCUT2D eigenvalue weighted by molar-refractivity contribution is 0.280. The van der Waals surface area contributed by atoms with E-state index in [-0.39, 0.29) is 6.61 Å². The average molecular weight is 263 g/mol. The van der Waals surface area contributed by atoms with Crippen molar-refractivity contribution < 1.29 is 5.11 Å². The third kappa shape index (κ3) is 2.16. The molecular weight excluding hydrogens is 238 g/mol. The molecule has 0 aliphatic heterocycles. The van der Waals surface area contributed by atoms with Crippen LogP contribution in [0.15, 0.2) is 0 Å². The first kappa shape index (κ1) is 13.0. The van der Waals surface area contributed by atoms with Crippen LogP contribution in [0.3, 0.4) is 0 Å². The van der Waals surface area contributed by atoms with Gasteiger partial charge >= 0.3 is 0 Å². The zero-order valence-corrected chi connectivity index (χ0v) is 12.3. The molecule has 3 unspecified atom stereocenters. The number of hydrogen-bond donors (Lipinski definition) is 1. The summed E-state index contributed by atoms with van der Waals surface area (Å²) in [5.41, 5.74) is 1.92. The number of rotatable bonds is 4. The number of aliphatic hydroxyl groups is 1. The highest BCUT2D eigenvalue weighted by Crippen LogP contribution is 2.48. The van der Waals surface area contributed by atoms with Crippen LogP contribution < -0.4 is 4.90 Å². The number of aliphatic hydroxyl groups excluding tert-OH is 1. The van der Waals surface area contributed by atoms with Gasteiger partial charge in [-0.3, -0.25) is 4.68 Å². The van der Waals surface area contributed by atoms with Crippen molar-refractivity contribution in [3.63, 3.8) is 0 Å². The second-order valence-corrected chi connectivity index (χ2v) is 6.48. The van der Waals surface area contributed by atoms with Crippen molar-refractivity contribution in [3.05, 3.63) is 11.3 Å². The fraction of sp³-hybridized carbons (Fsp3) is 0.800. The normalized spacial score (nSPS) is 29.2. The Morgan fingerprint density at radius 2 is 2.16 bits per heavy atom. The minimum absolute atomic E-state index is 0.0794. The number of anilines is 1. The van der Waals surface area contributed by atoms with Crippen molar-refractivity contribution in [2.24, 2.45) is 24.8 Å². The quantitative estimate of drug-likeness (QED) is 0.904. The van der Waals surface area contributed by atoms with Crippen LogP contribution >= 0.6 is 0 Å². The summed E-state index contributed by atoms with van der Waals surface area (Å²) >= 11 is 0. The zero-order chi connectivity index (χ0) is 13.6. The van der Waals surface area contributed by atoms with E-state index in [4.69, 9.17) is 0 Å². The Kier molecular flexibility index (Phi) is 3.29. The van der Waals surface area contributed by atoms with Crippen molar-refractivity contribution in [2.75, 3.05) is 18.5 Å². The van der Waals surface area contributed by atoms with Gasteiger partial charge < -0.3 is 10.0 Å². The smallest absolute Gasteiger partial charge is 0.132 e. The molecule has 2 aliphatic rings. The molecular formula is C15H25N3O. The molecule has 1 aromatic heterocycles. The zero-order valence-electron chi connectivity index (χ0n) is 12.3. The van der Waals surface area contributed by atoms with Gasteiger partial charge in [-0.25, -0.2) is 0 Å². The summed E-state index contributed by atoms with van der Waals surface area (Å²) in [6.07, 6.45) is 5.74. The summed E-state index contributed by atoms with van der Waals surface area (Å²) in [4.78, 5) is 2.30. The molecule has 2 saturated carbocycles. The van der Waals surface area contributed by atoms with E-state index in [2.05, 4.69) is 17.0 Å². The summed E-state index contributed by atoms with van der Waals surface area (Å²) in [5.74, 6) is 3.86. The van der Waals surface area contributed by atoms with E-state index < -0.39 is 0 Å². The van der Waals surface area contributed by atoms with E-state index in [1.54, 1.807) is 0 Å². The highest BCUT2D eigenvalue weighted by Gasteiger charge is 2.40. The summed E-state index contributed by atoms with van der Waals surface area (Å²) in [7, 11) is 4.11. The highest BCUT2D eigenvalue weighted by atomic mass is 16.3.